The molecule has 0 aliphatic carbocycles. The van der Waals surface area contributed by atoms with Crippen LogP contribution in [0.2, 0.25) is 0 Å². The van der Waals surface area contributed by atoms with E-state index in [1.165, 1.54) is 0 Å². The lowest BCUT2D eigenvalue weighted by atomic mass is 10.1. The van der Waals surface area contributed by atoms with Gasteiger partial charge in [0, 0.05) is 7.05 Å². The van der Waals surface area contributed by atoms with E-state index in [2.05, 4.69) is 15.5 Å². The predicted octanol–water partition coefficient (Wildman–Crippen LogP) is 0.120. The van der Waals surface area contributed by atoms with E-state index in [0.717, 1.165) is 12.2 Å². The first-order valence-electron chi connectivity index (χ1n) is 5.46. The maximum Gasteiger partial charge on any atom is 0.237 e. The van der Waals surface area contributed by atoms with Crippen LogP contribution >= 0.6 is 0 Å². The quantitative estimate of drug-likeness (QED) is 0.745. The summed E-state index contributed by atoms with van der Waals surface area (Å²) in [5.41, 5.74) is 5.71. The summed E-state index contributed by atoms with van der Waals surface area (Å²) in [6.07, 6.45) is 3.19. The summed E-state index contributed by atoms with van der Waals surface area (Å²) in [5.74, 6) is 0.578. The molecule has 90 valence electrons. The predicted molar refractivity (Wildman–Crippen MR) is 60.4 cm³/mol. The van der Waals surface area contributed by atoms with E-state index >= 15 is 0 Å². The van der Waals surface area contributed by atoms with E-state index in [1.54, 1.807) is 10.9 Å². The van der Waals surface area contributed by atoms with Gasteiger partial charge in [-0.25, -0.2) is 0 Å². The van der Waals surface area contributed by atoms with Gasteiger partial charge in [-0.2, -0.15) is 0 Å². The molecule has 1 heterocycles. The fraction of sp³-hybridized carbons (Fsp3) is 0.700. The molecule has 1 aromatic heterocycles. The van der Waals surface area contributed by atoms with E-state index in [9.17, 15) is 4.79 Å². The van der Waals surface area contributed by atoms with Crippen molar-refractivity contribution < 1.29 is 4.79 Å². The van der Waals surface area contributed by atoms with Crippen molar-refractivity contribution in [1.29, 1.82) is 0 Å². The molecule has 0 spiro atoms. The zero-order chi connectivity index (χ0) is 12.1. The summed E-state index contributed by atoms with van der Waals surface area (Å²) in [7, 11) is 1.84. The largest absolute Gasteiger partial charge is 0.345 e. The molecule has 1 rings (SSSR count). The van der Waals surface area contributed by atoms with E-state index in [0.29, 0.717) is 6.42 Å². The van der Waals surface area contributed by atoms with E-state index in [4.69, 9.17) is 5.73 Å². The van der Waals surface area contributed by atoms with E-state index < -0.39 is 6.04 Å². The van der Waals surface area contributed by atoms with Crippen LogP contribution in [0.5, 0.6) is 0 Å². The molecule has 0 fully saturated rings. The number of carbonyl (C=O) groups is 1. The Bertz CT molecular complexity index is 349. The summed E-state index contributed by atoms with van der Waals surface area (Å²) in [6, 6.07) is -0.622. The Kier molecular flexibility index (Phi) is 4.42. The Balaban J connectivity index is 2.55. The summed E-state index contributed by atoms with van der Waals surface area (Å²) in [4.78, 5) is 11.7. The summed E-state index contributed by atoms with van der Waals surface area (Å²) in [6.45, 7) is 3.86. The molecule has 0 radical (unpaired) electrons. The van der Waals surface area contributed by atoms with Crippen molar-refractivity contribution in [3.8, 4) is 0 Å². The number of rotatable bonds is 5. The van der Waals surface area contributed by atoms with E-state index in [1.807, 2.05) is 20.9 Å². The summed E-state index contributed by atoms with van der Waals surface area (Å²) < 4.78 is 1.77. The van der Waals surface area contributed by atoms with Crippen molar-refractivity contribution in [2.45, 2.75) is 38.8 Å². The molecule has 1 unspecified atom stereocenters. The zero-order valence-electron chi connectivity index (χ0n) is 9.97. The molecule has 0 aromatic carbocycles. The van der Waals surface area contributed by atoms with Gasteiger partial charge in [-0.15, -0.1) is 10.2 Å². The maximum atomic E-state index is 11.7. The molecule has 2 atom stereocenters. The van der Waals surface area contributed by atoms with Crippen LogP contribution in [0.15, 0.2) is 6.33 Å². The van der Waals surface area contributed by atoms with Crippen LogP contribution in [-0.2, 0) is 11.8 Å². The Labute approximate surface area is 95.2 Å². The Morgan fingerprint density at radius 1 is 1.69 bits per heavy atom. The number of amides is 1. The number of carbonyl (C=O) groups excluding carboxylic acids is 1. The van der Waals surface area contributed by atoms with Gasteiger partial charge in [0.05, 0.1) is 12.1 Å². The Morgan fingerprint density at radius 2 is 2.38 bits per heavy atom. The lowest BCUT2D eigenvalue weighted by molar-refractivity contribution is -0.123. The minimum atomic E-state index is -0.444. The summed E-state index contributed by atoms with van der Waals surface area (Å²) >= 11 is 0. The second kappa shape index (κ2) is 5.60. The highest BCUT2D eigenvalue weighted by atomic mass is 16.2. The lowest BCUT2D eigenvalue weighted by Crippen LogP contribution is -2.41. The molecule has 3 N–H and O–H groups in total. The van der Waals surface area contributed by atoms with Crippen LogP contribution in [0.1, 0.15) is 38.6 Å². The molecule has 0 saturated carbocycles. The second-order valence-corrected chi connectivity index (χ2v) is 3.93. The van der Waals surface area contributed by atoms with Gasteiger partial charge in [-0.05, 0) is 13.3 Å². The Morgan fingerprint density at radius 3 is 2.88 bits per heavy atom. The van der Waals surface area contributed by atoms with Gasteiger partial charge in [-0.3, -0.25) is 4.79 Å². The third kappa shape index (κ3) is 3.03. The van der Waals surface area contributed by atoms with Gasteiger partial charge in [0.1, 0.15) is 6.33 Å². The van der Waals surface area contributed by atoms with Crippen LogP contribution in [-0.4, -0.2) is 26.7 Å². The lowest BCUT2D eigenvalue weighted by Gasteiger charge is -2.16. The third-order valence-electron chi connectivity index (χ3n) is 2.43. The second-order valence-electron chi connectivity index (χ2n) is 3.93. The smallest absolute Gasteiger partial charge is 0.237 e. The van der Waals surface area contributed by atoms with Crippen LogP contribution in [0, 0.1) is 0 Å². The molecule has 0 saturated heterocycles. The van der Waals surface area contributed by atoms with Crippen LogP contribution in [0.25, 0.3) is 0 Å². The first-order valence-corrected chi connectivity index (χ1v) is 5.46. The molecule has 0 bridgehead atoms. The average Bonchev–Trinajstić information content (AvgIpc) is 2.64. The molecular weight excluding hydrogens is 206 g/mol. The van der Waals surface area contributed by atoms with Crippen LogP contribution < -0.4 is 11.1 Å². The van der Waals surface area contributed by atoms with Crippen molar-refractivity contribution in [3.63, 3.8) is 0 Å². The highest BCUT2D eigenvalue weighted by Gasteiger charge is 2.18. The molecule has 1 amide bonds. The number of nitrogens with one attached hydrogen (secondary N) is 1. The maximum absolute atomic E-state index is 11.7. The van der Waals surface area contributed by atoms with Gasteiger partial charge >= 0.3 is 0 Å². The van der Waals surface area contributed by atoms with Gasteiger partial charge in [-0.1, -0.05) is 13.3 Å². The molecule has 6 heteroatoms. The van der Waals surface area contributed by atoms with Crippen molar-refractivity contribution in [1.82, 2.24) is 20.1 Å². The number of aryl methyl sites for hydroxylation is 1. The van der Waals surface area contributed by atoms with Gasteiger partial charge in [0.15, 0.2) is 5.82 Å². The number of nitrogens with zero attached hydrogens (tertiary/aromatic N) is 3. The fourth-order valence-electron chi connectivity index (χ4n) is 1.51. The molecule has 6 nitrogen and oxygen atoms in total. The first kappa shape index (κ1) is 12.6. The van der Waals surface area contributed by atoms with Crippen molar-refractivity contribution >= 4 is 5.91 Å². The minimum Gasteiger partial charge on any atom is -0.345 e. The molecule has 0 aliphatic rings. The normalized spacial score (nSPS) is 14.5. The number of nitrogens with two attached hydrogens (primary N) is 1. The van der Waals surface area contributed by atoms with Gasteiger partial charge < -0.3 is 15.6 Å². The average molecular weight is 225 g/mol. The van der Waals surface area contributed by atoms with Crippen LogP contribution in [0.3, 0.4) is 0 Å². The number of aromatic nitrogens is 3. The fourth-order valence-corrected chi connectivity index (χ4v) is 1.51. The van der Waals surface area contributed by atoms with Crippen molar-refractivity contribution in [3.05, 3.63) is 12.2 Å². The summed E-state index contributed by atoms with van der Waals surface area (Å²) in [5, 5.41) is 10.5. The number of hydrogen-bond donors (Lipinski definition) is 2. The SMILES string of the molecule is CCC[C@H](N)C(=O)NC(C)c1nncn1C. The molecule has 1 aromatic rings. The van der Waals surface area contributed by atoms with Crippen molar-refractivity contribution in [2.75, 3.05) is 0 Å². The zero-order valence-corrected chi connectivity index (χ0v) is 9.97. The number of hydrogen-bond acceptors (Lipinski definition) is 4. The van der Waals surface area contributed by atoms with Crippen molar-refractivity contribution in [2.24, 2.45) is 12.8 Å². The standard InChI is InChI=1S/C10H19N5O/c1-4-5-8(11)10(16)13-7(2)9-14-12-6-15(9)3/h6-8H,4-5,11H2,1-3H3,(H,13,16)/t7?,8-/m0/s1. The third-order valence-corrected chi connectivity index (χ3v) is 2.43. The topological polar surface area (TPSA) is 85.8 Å². The van der Waals surface area contributed by atoms with Gasteiger partial charge in [0.25, 0.3) is 0 Å². The highest BCUT2D eigenvalue weighted by Crippen LogP contribution is 2.07. The van der Waals surface area contributed by atoms with E-state index in [-0.39, 0.29) is 11.9 Å². The molecular formula is C10H19N5O. The minimum absolute atomic E-state index is 0.141. The molecule has 16 heavy (non-hydrogen) atoms. The van der Waals surface area contributed by atoms with Crippen LogP contribution in [0.4, 0.5) is 0 Å². The molecule has 0 aliphatic heterocycles. The van der Waals surface area contributed by atoms with Gasteiger partial charge in [0.2, 0.25) is 5.91 Å². The Hall–Kier alpha value is -1.43. The monoisotopic (exact) mass is 225 g/mol. The first-order chi connectivity index (χ1) is 7.56. The highest BCUT2D eigenvalue weighted by molar-refractivity contribution is 5.81.